The van der Waals surface area contributed by atoms with E-state index in [1.807, 2.05) is 31.2 Å². The Labute approximate surface area is 117 Å². The molecule has 3 nitrogen and oxygen atoms in total. The Hall–Kier alpha value is -1.03. The zero-order chi connectivity index (χ0) is 13.2. The molecule has 1 aromatic rings. The molecule has 0 radical (unpaired) electrons. The number of hydrogen-bond acceptors (Lipinski definition) is 3. The van der Waals surface area contributed by atoms with Crippen LogP contribution in [0.15, 0.2) is 28.7 Å². The first-order chi connectivity index (χ1) is 8.74. The highest BCUT2D eigenvalue weighted by Crippen LogP contribution is 2.21. The normalized spacial score (nSPS) is 10.1. The van der Waals surface area contributed by atoms with Gasteiger partial charge in [-0.2, -0.15) is 0 Å². The molecule has 0 fully saturated rings. The first-order valence-corrected chi connectivity index (χ1v) is 7.17. The zero-order valence-corrected chi connectivity index (χ0v) is 12.3. The third kappa shape index (κ3) is 6.05. The van der Waals surface area contributed by atoms with Gasteiger partial charge in [-0.15, -0.1) is 0 Å². The third-order valence-electron chi connectivity index (χ3n) is 2.55. The summed E-state index contributed by atoms with van der Waals surface area (Å²) in [5, 5.41) is 3.36. The summed E-state index contributed by atoms with van der Waals surface area (Å²) in [5.41, 5.74) is 1.11. The smallest absolute Gasteiger partial charge is 0.305 e. The van der Waals surface area contributed by atoms with Crippen molar-refractivity contribution in [3.63, 3.8) is 0 Å². The van der Waals surface area contributed by atoms with E-state index in [4.69, 9.17) is 4.74 Å². The summed E-state index contributed by atoms with van der Waals surface area (Å²) in [4.78, 5) is 11.1. The summed E-state index contributed by atoms with van der Waals surface area (Å²) >= 11 is 3.49. The first-order valence-electron chi connectivity index (χ1n) is 6.38. The van der Waals surface area contributed by atoms with Crippen molar-refractivity contribution in [2.45, 2.75) is 32.6 Å². The summed E-state index contributed by atoms with van der Waals surface area (Å²) < 4.78 is 5.95. The molecule has 0 aliphatic heterocycles. The van der Waals surface area contributed by atoms with Gasteiger partial charge < -0.3 is 10.1 Å². The van der Waals surface area contributed by atoms with E-state index >= 15 is 0 Å². The topological polar surface area (TPSA) is 38.3 Å². The Kier molecular flexibility index (Phi) is 7.49. The van der Waals surface area contributed by atoms with Gasteiger partial charge in [0.25, 0.3) is 0 Å². The first kappa shape index (κ1) is 15.0. The number of benzene rings is 1. The van der Waals surface area contributed by atoms with Crippen LogP contribution in [0.25, 0.3) is 0 Å². The monoisotopic (exact) mass is 313 g/mol. The maximum absolute atomic E-state index is 11.1. The molecule has 1 rings (SSSR count). The summed E-state index contributed by atoms with van der Waals surface area (Å²) in [7, 11) is 0. The summed E-state index contributed by atoms with van der Waals surface area (Å²) in [5.74, 6) is -0.0868. The van der Waals surface area contributed by atoms with E-state index in [0.29, 0.717) is 13.0 Å². The minimum atomic E-state index is -0.0868. The minimum Gasteiger partial charge on any atom is -0.466 e. The zero-order valence-electron chi connectivity index (χ0n) is 10.7. The van der Waals surface area contributed by atoms with E-state index in [9.17, 15) is 4.79 Å². The lowest BCUT2D eigenvalue weighted by Crippen LogP contribution is -2.05. The number of anilines is 1. The molecule has 1 aromatic carbocycles. The van der Waals surface area contributed by atoms with Gasteiger partial charge in [-0.05, 0) is 47.8 Å². The molecular weight excluding hydrogens is 294 g/mol. The van der Waals surface area contributed by atoms with E-state index in [-0.39, 0.29) is 5.97 Å². The van der Waals surface area contributed by atoms with E-state index in [1.165, 1.54) is 0 Å². The lowest BCUT2D eigenvalue weighted by Gasteiger charge is -2.08. The Balaban J connectivity index is 2.06. The maximum Gasteiger partial charge on any atom is 0.305 e. The summed E-state index contributed by atoms with van der Waals surface area (Å²) in [6.07, 6.45) is 3.52. The molecule has 18 heavy (non-hydrogen) atoms. The Bertz CT molecular complexity index is 369. The van der Waals surface area contributed by atoms with Crippen LogP contribution in [0.5, 0.6) is 0 Å². The van der Waals surface area contributed by atoms with Gasteiger partial charge in [0.2, 0.25) is 0 Å². The second-order valence-corrected chi connectivity index (χ2v) is 4.88. The second kappa shape index (κ2) is 8.97. The van der Waals surface area contributed by atoms with E-state index < -0.39 is 0 Å². The molecule has 4 heteroatoms. The van der Waals surface area contributed by atoms with Crippen LogP contribution in [-0.2, 0) is 9.53 Å². The lowest BCUT2D eigenvalue weighted by atomic mass is 10.2. The number of rotatable bonds is 8. The highest BCUT2D eigenvalue weighted by atomic mass is 79.9. The number of nitrogens with one attached hydrogen (secondary N) is 1. The van der Waals surface area contributed by atoms with Gasteiger partial charge in [-0.3, -0.25) is 4.79 Å². The average molecular weight is 314 g/mol. The van der Waals surface area contributed by atoms with Gasteiger partial charge in [0, 0.05) is 23.1 Å². The van der Waals surface area contributed by atoms with Crippen LogP contribution in [-0.4, -0.2) is 19.1 Å². The number of ether oxygens (including phenoxy) is 1. The van der Waals surface area contributed by atoms with Crippen LogP contribution in [0.2, 0.25) is 0 Å². The van der Waals surface area contributed by atoms with Crippen molar-refractivity contribution >= 4 is 27.6 Å². The van der Waals surface area contributed by atoms with Gasteiger partial charge in [0.1, 0.15) is 0 Å². The van der Waals surface area contributed by atoms with Crippen LogP contribution in [0.3, 0.4) is 0 Å². The molecule has 0 saturated carbocycles. The van der Waals surface area contributed by atoms with E-state index in [0.717, 1.165) is 36.0 Å². The fraction of sp³-hybridized carbons (Fsp3) is 0.500. The van der Waals surface area contributed by atoms with E-state index in [2.05, 4.69) is 21.2 Å². The van der Waals surface area contributed by atoms with Crippen molar-refractivity contribution < 1.29 is 9.53 Å². The summed E-state index contributed by atoms with van der Waals surface area (Å²) in [6, 6.07) is 8.06. The van der Waals surface area contributed by atoms with E-state index in [1.54, 1.807) is 0 Å². The lowest BCUT2D eigenvalue weighted by molar-refractivity contribution is -0.143. The number of carbonyl (C=O) groups excluding carboxylic acids is 1. The van der Waals surface area contributed by atoms with Crippen molar-refractivity contribution in [1.82, 2.24) is 0 Å². The Morgan fingerprint density at radius 3 is 2.78 bits per heavy atom. The van der Waals surface area contributed by atoms with Gasteiger partial charge in [-0.1, -0.05) is 18.6 Å². The van der Waals surface area contributed by atoms with Crippen LogP contribution in [0, 0.1) is 0 Å². The third-order valence-corrected chi connectivity index (χ3v) is 3.24. The molecule has 100 valence electrons. The fourth-order valence-electron chi connectivity index (χ4n) is 1.63. The quantitative estimate of drug-likeness (QED) is 0.582. The van der Waals surface area contributed by atoms with Crippen LogP contribution in [0.1, 0.15) is 32.6 Å². The molecule has 0 amide bonds. The molecule has 0 saturated heterocycles. The van der Waals surface area contributed by atoms with Crippen molar-refractivity contribution in [2.75, 3.05) is 18.5 Å². The molecule has 0 bridgehead atoms. The Morgan fingerprint density at radius 2 is 2.06 bits per heavy atom. The molecule has 0 heterocycles. The fourth-order valence-corrected chi connectivity index (χ4v) is 2.06. The second-order valence-electron chi connectivity index (χ2n) is 4.02. The highest BCUT2D eigenvalue weighted by Gasteiger charge is 2.01. The number of para-hydroxylation sites is 1. The molecule has 0 unspecified atom stereocenters. The SMILES string of the molecule is CCOC(=O)CCCCCNc1ccccc1Br. The predicted octanol–water partition coefficient (Wildman–Crippen LogP) is 3.98. The molecule has 1 N–H and O–H groups in total. The number of halogens is 1. The average Bonchev–Trinajstić information content (AvgIpc) is 2.36. The van der Waals surface area contributed by atoms with Gasteiger partial charge in [0.05, 0.1) is 6.61 Å². The Morgan fingerprint density at radius 1 is 1.28 bits per heavy atom. The highest BCUT2D eigenvalue weighted by molar-refractivity contribution is 9.10. The number of carbonyl (C=O) groups is 1. The molecule has 0 spiro atoms. The molecule has 0 aromatic heterocycles. The molecule has 0 aliphatic rings. The largest absolute Gasteiger partial charge is 0.466 e. The van der Waals surface area contributed by atoms with Crippen molar-refractivity contribution in [3.8, 4) is 0 Å². The standard InChI is InChI=1S/C14H20BrNO2/c1-2-18-14(17)10-4-3-7-11-16-13-9-6-5-8-12(13)15/h5-6,8-9,16H,2-4,7,10-11H2,1H3. The van der Waals surface area contributed by atoms with Crippen molar-refractivity contribution in [3.05, 3.63) is 28.7 Å². The van der Waals surface area contributed by atoms with Crippen LogP contribution >= 0.6 is 15.9 Å². The minimum absolute atomic E-state index is 0.0868. The molecular formula is C14H20BrNO2. The van der Waals surface area contributed by atoms with Gasteiger partial charge in [-0.25, -0.2) is 0 Å². The van der Waals surface area contributed by atoms with Crippen LogP contribution < -0.4 is 5.32 Å². The van der Waals surface area contributed by atoms with Gasteiger partial charge in [0.15, 0.2) is 0 Å². The number of unbranched alkanes of at least 4 members (excludes halogenated alkanes) is 2. The predicted molar refractivity (Wildman–Crippen MR) is 77.7 cm³/mol. The summed E-state index contributed by atoms with van der Waals surface area (Å²) in [6.45, 7) is 3.23. The maximum atomic E-state index is 11.1. The van der Waals surface area contributed by atoms with Crippen molar-refractivity contribution in [2.24, 2.45) is 0 Å². The molecule has 0 aliphatic carbocycles. The van der Waals surface area contributed by atoms with Gasteiger partial charge >= 0.3 is 5.97 Å². The van der Waals surface area contributed by atoms with Crippen LogP contribution in [0.4, 0.5) is 5.69 Å². The van der Waals surface area contributed by atoms with Crippen molar-refractivity contribution in [1.29, 1.82) is 0 Å². The number of esters is 1. The molecule has 0 atom stereocenters. The number of hydrogen-bond donors (Lipinski definition) is 1.